The minimum absolute atomic E-state index is 0.0422. The van der Waals surface area contributed by atoms with E-state index in [4.69, 9.17) is 0 Å². The van der Waals surface area contributed by atoms with Crippen molar-refractivity contribution in [1.82, 2.24) is 19.7 Å². The van der Waals surface area contributed by atoms with Crippen LogP contribution in [0.5, 0.6) is 0 Å². The highest BCUT2D eigenvalue weighted by atomic mass is 32.2. The van der Waals surface area contributed by atoms with Gasteiger partial charge in [0, 0.05) is 22.9 Å². The van der Waals surface area contributed by atoms with Gasteiger partial charge >= 0.3 is 6.18 Å². The van der Waals surface area contributed by atoms with E-state index in [1.165, 1.54) is 30.5 Å². The number of nitrogens with zero attached hydrogens (tertiary/aromatic N) is 3. The van der Waals surface area contributed by atoms with E-state index in [0.717, 1.165) is 29.5 Å². The molecule has 0 fully saturated rings. The normalized spacial score (nSPS) is 12.6. The van der Waals surface area contributed by atoms with Gasteiger partial charge in [-0.25, -0.2) is 31.9 Å². The van der Waals surface area contributed by atoms with Gasteiger partial charge in [-0.2, -0.15) is 13.2 Å². The number of hydrogen-bond donors (Lipinski definition) is 1. The number of alkyl halides is 3. The van der Waals surface area contributed by atoms with Crippen LogP contribution in [0.25, 0.3) is 33.2 Å². The summed E-state index contributed by atoms with van der Waals surface area (Å²) in [6, 6.07) is 9.06. The van der Waals surface area contributed by atoms with Gasteiger partial charge in [0.25, 0.3) is 10.0 Å². The van der Waals surface area contributed by atoms with Gasteiger partial charge < -0.3 is 0 Å². The van der Waals surface area contributed by atoms with Crippen molar-refractivity contribution in [1.29, 1.82) is 0 Å². The molecule has 3 aromatic heterocycles. The molecule has 0 saturated carbocycles. The Hall–Kier alpha value is -3.29. The molecule has 3 heterocycles. The molecule has 6 nitrogen and oxygen atoms in total. The molecule has 0 unspecified atom stereocenters. The van der Waals surface area contributed by atoms with Crippen LogP contribution in [0.3, 0.4) is 0 Å². The molecule has 0 radical (unpaired) electrons. The number of hydrogen-bond acceptors (Lipinski definition) is 6. The summed E-state index contributed by atoms with van der Waals surface area (Å²) in [5.41, 5.74) is -1.85. The fourth-order valence-corrected chi connectivity index (χ4v) is 5.98. The average Bonchev–Trinajstić information content (AvgIpc) is 3.30. The fourth-order valence-electron chi connectivity index (χ4n) is 3.28. The van der Waals surface area contributed by atoms with Crippen LogP contribution in [0, 0.1) is 11.6 Å². The molecule has 0 spiro atoms. The summed E-state index contributed by atoms with van der Waals surface area (Å²) in [6.45, 7) is 5.11. The van der Waals surface area contributed by atoms with Gasteiger partial charge in [-0.3, -0.25) is 4.98 Å². The van der Waals surface area contributed by atoms with E-state index in [2.05, 4.69) is 19.7 Å². The highest BCUT2D eigenvalue weighted by Crippen LogP contribution is 2.35. The first-order valence-electron chi connectivity index (χ1n) is 10.6. The van der Waals surface area contributed by atoms with Crippen molar-refractivity contribution in [3.8, 4) is 33.2 Å². The Morgan fingerprint density at radius 1 is 0.838 bits per heavy atom. The molecule has 4 rings (SSSR count). The molecule has 0 aliphatic heterocycles. The van der Waals surface area contributed by atoms with E-state index in [9.17, 15) is 30.4 Å². The van der Waals surface area contributed by atoms with E-state index in [1.807, 2.05) is 0 Å². The maximum absolute atomic E-state index is 13.7. The summed E-state index contributed by atoms with van der Waals surface area (Å²) < 4.78 is 95.8. The Balaban J connectivity index is 1.77. The minimum atomic E-state index is -4.84. The number of aromatic nitrogens is 3. The van der Waals surface area contributed by atoms with E-state index in [-0.39, 0.29) is 32.5 Å². The van der Waals surface area contributed by atoms with Gasteiger partial charge in [0.2, 0.25) is 0 Å². The Morgan fingerprint density at radius 2 is 1.57 bits per heavy atom. The van der Waals surface area contributed by atoms with Crippen LogP contribution in [0.4, 0.5) is 22.0 Å². The maximum atomic E-state index is 13.7. The summed E-state index contributed by atoms with van der Waals surface area (Å²) in [6.07, 6.45) is -3.51. The largest absolute Gasteiger partial charge is 0.433 e. The predicted molar refractivity (Wildman–Crippen MR) is 129 cm³/mol. The van der Waals surface area contributed by atoms with E-state index in [0.29, 0.717) is 10.9 Å². The molecule has 4 aromatic rings. The van der Waals surface area contributed by atoms with Crippen molar-refractivity contribution in [2.24, 2.45) is 0 Å². The average molecular weight is 555 g/mol. The number of benzene rings is 1. The van der Waals surface area contributed by atoms with Gasteiger partial charge in [-0.05, 0) is 69.3 Å². The first-order valence-corrected chi connectivity index (χ1v) is 12.9. The molecular formula is C24H19F5N4O2S2. The number of rotatable bonds is 5. The molecule has 0 aliphatic rings. The first-order chi connectivity index (χ1) is 17.1. The van der Waals surface area contributed by atoms with E-state index in [1.54, 1.807) is 20.8 Å². The Kier molecular flexibility index (Phi) is 6.90. The molecule has 0 bridgehead atoms. The SMILES string of the molecule is CC(C)(C)NS(=O)(=O)c1ccc(-c2cc(-c3nc(-c4ccc(F)c(F)c4)cc(C(F)(F)F)n3)ccn2)s1. The number of thiophene rings is 1. The Morgan fingerprint density at radius 3 is 2.22 bits per heavy atom. The molecule has 194 valence electrons. The van der Waals surface area contributed by atoms with Crippen LogP contribution in [-0.2, 0) is 16.2 Å². The third-order valence-corrected chi connectivity index (χ3v) is 8.15. The van der Waals surface area contributed by atoms with Gasteiger partial charge in [0.05, 0.1) is 16.3 Å². The fraction of sp³-hybridized carbons (Fsp3) is 0.208. The highest BCUT2D eigenvalue weighted by Gasteiger charge is 2.34. The van der Waals surface area contributed by atoms with Crippen LogP contribution in [0.2, 0.25) is 0 Å². The van der Waals surface area contributed by atoms with Gasteiger partial charge in [-0.1, -0.05) is 0 Å². The third kappa shape index (κ3) is 6.17. The molecule has 0 aliphatic carbocycles. The standard InChI is InChI=1S/C24H19F5N4O2S2/c1-23(2,3)33-37(34,35)21-7-6-19(36-21)18-11-14(8-9-30-18)22-31-17(12-20(32-22)24(27,28)29)13-4-5-15(25)16(26)10-13/h4-12,33H,1-3H3. The maximum Gasteiger partial charge on any atom is 0.433 e. The lowest BCUT2D eigenvalue weighted by Gasteiger charge is -2.19. The van der Waals surface area contributed by atoms with Crippen molar-refractivity contribution < 1.29 is 30.4 Å². The van der Waals surface area contributed by atoms with Crippen molar-refractivity contribution in [2.75, 3.05) is 0 Å². The lowest BCUT2D eigenvalue weighted by molar-refractivity contribution is -0.141. The third-order valence-electron chi connectivity index (χ3n) is 4.79. The Labute approximate surface area is 213 Å². The summed E-state index contributed by atoms with van der Waals surface area (Å²) in [4.78, 5) is 12.4. The number of pyridine rings is 1. The highest BCUT2D eigenvalue weighted by molar-refractivity contribution is 7.91. The topological polar surface area (TPSA) is 84.8 Å². The summed E-state index contributed by atoms with van der Waals surface area (Å²) in [5.74, 6) is -2.71. The van der Waals surface area contributed by atoms with Crippen LogP contribution < -0.4 is 4.72 Å². The molecule has 13 heteroatoms. The van der Waals surface area contributed by atoms with Crippen LogP contribution in [0.1, 0.15) is 26.5 Å². The van der Waals surface area contributed by atoms with E-state index >= 15 is 0 Å². The van der Waals surface area contributed by atoms with Crippen LogP contribution >= 0.6 is 11.3 Å². The second-order valence-corrected chi connectivity index (χ2v) is 12.0. The zero-order chi connectivity index (χ0) is 27.2. The molecule has 1 aromatic carbocycles. The summed E-state index contributed by atoms with van der Waals surface area (Å²) in [5, 5.41) is 0. The molecule has 0 amide bonds. The van der Waals surface area contributed by atoms with Crippen LogP contribution in [-0.4, -0.2) is 28.9 Å². The first kappa shape index (κ1) is 26.8. The minimum Gasteiger partial charge on any atom is -0.255 e. The number of nitrogens with one attached hydrogen (secondary N) is 1. The second kappa shape index (κ2) is 9.54. The molecule has 0 atom stereocenters. The van der Waals surface area contributed by atoms with Gasteiger partial charge in [0.15, 0.2) is 17.5 Å². The zero-order valence-corrected chi connectivity index (χ0v) is 21.2. The predicted octanol–water partition coefficient (Wildman–Crippen LogP) is 6.31. The van der Waals surface area contributed by atoms with Gasteiger partial charge in [-0.15, -0.1) is 11.3 Å². The van der Waals surface area contributed by atoms with Crippen molar-refractivity contribution >= 4 is 21.4 Å². The molecule has 37 heavy (non-hydrogen) atoms. The summed E-state index contributed by atoms with van der Waals surface area (Å²) in [7, 11) is -3.80. The van der Waals surface area contributed by atoms with E-state index < -0.39 is 39.1 Å². The second-order valence-electron chi connectivity index (χ2n) is 8.99. The van der Waals surface area contributed by atoms with Crippen molar-refractivity contribution in [3.05, 3.63) is 72.1 Å². The smallest absolute Gasteiger partial charge is 0.255 e. The molecular weight excluding hydrogens is 535 g/mol. The lowest BCUT2D eigenvalue weighted by atomic mass is 10.1. The van der Waals surface area contributed by atoms with Crippen LogP contribution in [0.15, 0.2) is 58.9 Å². The van der Waals surface area contributed by atoms with Gasteiger partial charge in [0.1, 0.15) is 9.90 Å². The number of halogens is 5. The Bertz CT molecular complexity index is 1580. The zero-order valence-electron chi connectivity index (χ0n) is 19.6. The number of sulfonamides is 1. The molecule has 0 saturated heterocycles. The summed E-state index contributed by atoms with van der Waals surface area (Å²) >= 11 is 0.937. The van der Waals surface area contributed by atoms with Crippen molar-refractivity contribution in [2.45, 2.75) is 36.7 Å². The monoisotopic (exact) mass is 554 g/mol. The molecule has 1 N–H and O–H groups in total. The lowest BCUT2D eigenvalue weighted by Crippen LogP contribution is -2.40. The van der Waals surface area contributed by atoms with Crippen molar-refractivity contribution in [3.63, 3.8) is 0 Å². The quantitative estimate of drug-likeness (QED) is 0.293.